The first-order valence-corrected chi connectivity index (χ1v) is 8.35. The number of Topliss-reactive ketones (excluding diaryl/α,β-unsaturated/α-hetero) is 1. The van der Waals surface area contributed by atoms with E-state index in [1.54, 1.807) is 0 Å². The topological polar surface area (TPSA) is 37.4 Å². The van der Waals surface area contributed by atoms with Crippen molar-refractivity contribution in [2.75, 3.05) is 0 Å². The van der Waals surface area contributed by atoms with Gasteiger partial charge in [-0.05, 0) is 57.2 Å². The second-order valence-electron chi connectivity index (χ2n) is 7.01. The lowest BCUT2D eigenvalue weighted by Gasteiger charge is -2.27. The number of benzene rings is 1. The summed E-state index contributed by atoms with van der Waals surface area (Å²) in [7, 11) is 0. The van der Waals surface area contributed by atoms with Crippen LogP contribution in [0.3, 0.4) is 0 Å². The molecule has 1 amide bonds. The standard InChI is InChI=1S/C19H25NO2/c1-11-9-12(2)16(13(3)10-11)17-18(21)14(4)20(19(17)22)15-7-5-6-8-15/h9-10,14-15,17H,5-8H2,1-4H3. The summed E-state index contributed by atoms with van der Waals surface area (Å²) in [6, 6.07) is 4.14. The second kappa shape index (κ2) is 5.53. The molecular formula is C19H25NO2. The Labute approximate surface area is 132 Å². The van der Waals surface area contributed by atoms with Crippen LogP contribution in [0.5, 0.6) is 0 Å². The number of ketones is 1. The quantitative estimate of drug-likeness (QED) is 0.785. The molecule has 1 aromatic carbocycles. The number of carbonyl (C=O) groups is 2. The molecule has 2 fully saturated rings. The van der Waals surface area contributed by atoms with E-state index in [0.717, 1.165) is 29.5 Å². The van der Waals surface area contributed by atoms with Gasteiger partial charge in [0.1, 0.15) is 5.92 Å². The van der Waals surface area contributed by atoms with Gasteiger partial charge in [-0.2, -0.15) is 0 Å². The zero-order chi connectivity index (χ0) is 16.0. The summed E-state index contributed by atoms with van der Waals surface area (Å²) >= 11 is 0. The molecule has 2 atom stereocenters. The molecule has 22 heavy (non-hydrogen) atoms. The predicted octanol–water partition coefficient (Wildman–Crippen LogP) is 3.44. The Balaban J connectivity index is 2.01. The van der Waals surface area contributed by atoms with Crippen molar-refractivity contribution in [3.8, 4) is 0 Å². The largest absolute Gasteiger partial charge is 0.329 e. The van der Waals surface area contributed by atoms with Crippen LogP contribution in [-0.4, -0.2) is 28.7 Å². The molecule has 0 bridgehead atoms. The first-order valence-electron chi connectivity index (χ1n) is 8.35. The molecule has 0 N–H and O–H groups in total. The number of amides is 1. The maximum absolute atomic E-state index is 13.0. The molecule has 3 nitrogen and oxygen atoms in total. The van der Waals surface area contributed by atoms with Crippen LogP contribution in [0.25, 0.3) is 0 Å². The Kier molecular flexibility index (Phi) is 3.84. The van der Waals surface area contributed by atoms with E-state index in [2.05, 4.69) is 19.1 Å². The maximum Gasteiger partial charge on any atom is 0.238 e. The van der Waals surface area contributed by atoms with Gasteiger partial charge >= 0.3 is 0 Å². The molecular weight excluding hydrogens is 274 g/mol. The van der Waals surface area contributed by atoms with Crippen molar-refractivity contribution in [2.24, 2.45) is 0 Å². The van der Waals surface area contributed by atoms with E-state index < -0.39 is 5.92 Å². The SMILES string of the molecule is Cc1cc(C)c(C2C(=O)C(C)N(C3CCCC3)C2=O)c(C)c1. The van der Waals surface area contributed by atoms with Crippen LogP contribution < -0.4 is 0 Å². The van der Waals surface area contributed by atoms with Crippen molar-refractivity contribution in [2.45, 2.75) is 71.4 Å². The molecule has 1 heterocycles. The lowest BCUT2D eigenvalue weighted by Crippen LogP contribution is -2.40. The minimum absolute atomic E-state index is 0.0273. The van der Waals surface area contributed by atoms with Gasteiger partial charge in [0.15, 0.2) is 5.78 Å². The minimum atomic E-state index is -0.587. The van der Waals surface area contributed by atoms with Crippen molar-refractivity contribution in [3.05, 3.63) is 34.4 Å². The Hall–Kier alpha value is -1.64. The summed E-state index contributed by atoms with van der Waals surface area (Å²) in [6.07, 6.45) is 4.43. The third-order valence-corrected chi connectivity index (χ3v) is 5.36. The summed E-state index contributed by atoms with van der Waals surface area (Å²) in [6.45, 7) is 7.98. The zero-order valence-corrected chi connectivity index (χ0v) is 14.0. The van der Waals surface area contributed by atoms with Crippen molar-refractivity contribution in [1.29, 1.82) is 0 Å². The first kappa shape index (κ1) is 15.3. The molecule has 1 saturated carbocycles. The van der Waals surface area contributed by atoms with E-state index in [4.69, 9.17) is 0 Å². The van der Waals surface area contributed by atoms with Crippen molar-refractivity contribution >= 4 is 11.7 Å². The molecule has 1 aromatic rings. The van der Waals surface area contributed by atoms with E-state index in [1.807, 2.05) is 25.7 Å². The zero-order valence-electron chi connectivity index (χ0n) is 14.0. The molecule has 0 spiro atoms. The molecule has 1 aliphatic carbocycles. The van der Waals surface area contributed by atoms with Crippen molar-refractivity contribution in [1.82, 2.24) is 4.90 Å². The summed E-state index contributed by atoms with van der Waals surface area (Å²) in [4.78, 5) is 27.7. The third-order valence-electron chi connectivity index (χ3n) is 5.36. The van der Waals surface area contributed by atoms with Crippen molar-refractivity contribution < 1.29 is 9.59 Å². The molecule has 2 aliphatic rings. The highest BCUT2D eigenvalue weighted by molar-refractivity contribution is 6.15. The van der Waals surface area contributed by atoms with E-state index >= 15 is 0 Å². The normalized spacial score (nSPS) is 26.3. The van der Waals surface area contributed by atoms with Gasteiger partial charge in [0.25, 0.3) is 0 Å². The van der Waals surface area contributed by atoms with E-state index in [9.17, 15) is 9.59 Å². The molecule has 2 unspecified atom stereocenters. The summed E-state index contributed by atoms with van der Waals surface area (Å²) in [5, 5.41) is 0. The van der Waals surface area contributed by atoms with Gasteiger partial charge in [0.05, 0.1) is 6.04 Å². The van der Waals surface area contributed by atoms with E-state index in [0.29, 0.717) is 0 Å². The van der Waals surface area contributed by atoms with Crippen LogP contribution in [0.1, 0.15) is 60.8 Å². The fourth-order valence-electron chi connectivity index (χ4n) is 4.43. The smallest absolute Gasteiger partial charge is 0.238 e. The Morgan fingerprint density at radius 2 is 1.55 bits per heavy atom. The highest BCUT2D eigenvalue weighted by Crippen LogP contribution is 2.38. The lowest BCUT2D eigenvalue weighted by molar-refractivity contribution is -0.132. The van der Waals surface area contributed by atoms with Gasteiger partial charge < -0.3 is 4.90 Å². The maximum atomic E-state index is 13.0. The molecule has 3 heteroatoms. The first-order chi connectivity index (χ1) is 10.4. The highest BCUT2D eigenvalue weighted by atomic mass is 16.2. The number of likely N-dealkylation sites (tertiary alicyclic amines) is 1. The van der Waals surface area contributed by atoms with Crippen LogP contribution in [0.4, 0.5) is 0 Å². The second-order valence-corrected chi connectivity index (χ2v) is 7.01. The summed E-state index contributed by atoms with van der Waals surface area (Å²) in [5.41, 5.74) is 4.24. The van der Waals surface area contributed by atoms with Crippen LogP contribution in [0.2, 0.25) is 0 Å². The van der Waals surface area contributed by atoms with Crippen LogP contribution in [0, 0.1) is 20.8 Å². The van der Waals surface area contributed by atoms with Gasteiger partial charge in [0.2, 0.25) is 5.91 Å². The van der Waals surface area contributed by atoms with E-state index in [-0.39, 0.29) is 23.8 Å². The lowest BCUT2D eigenvalue weighted by atomic mass is 9.87. The summed E-state index contributed by atoms with van der Waals surface area (Å²) in [5.74, 6) is -0.484. The fraction of sp³-hybridized carbons (Fsp3) is 0.579. The number of hydrogen-bond acceptors (Lipinski definition) is 2. The Morgan fingerprint density at radius 1 is 1.00 bits per heavy atom. The van der Waals surface area contributed by atoms with Gasteiger partial charge in [-0.1, -0.05) is 30.5 Å². The molecule has 1 aliphatic heterocycles. The average Bonchev–Trinajstić information content (AvgIpc) is 3.01. The monoisotopic (exact) mass is 299 g/mol. The number of hydrogen-bond donors (Lipinski definition) is 0. The van der Waals surface area contributed by atoms with Crippen LogP contribution in [-0.2, 0) is 9.59 Å². The third kappa shape index (κ3) is 2.27. The number of rotatable bonds is 2. The average molecular weight is 299 g/mol. The highest BCUT2D eigenvalue weighted by Gasteiger charge is 2.49. The molecule has 118 valence electrons. The van der Waals surface area contributed by atoms with Crippen molar-refractivity contribution in [3.63, 3.8) is 0 Å². The number of carbonyl (C=O) groups excluding carboxylic acids is 2. The minimum Gasteiger partial charge on any atom is -0.329 e. The van der Waals surface area contributed by atoms with E-state index in [1.165, 1.54) is 18.4 Å². The van der Waals surface area contributed by atoms with Crippen LogP contribution in [0.15, 0.2) is 12.1 Å². The molecule has 0 radical (unpaired) electrons. The van der Waals surface area contributed by atoms with Crippen LogP contribution >= 0.6 is 0 Å². The van der Waals surface area contributed by atoms with Gasteiger partial charge in [-0.3, -0.25) is 9.59 Å². The fourth-order valence-corrected chi connectivity index (χ4v) is 4.43. The Bertz CT molecular complexity index is 605. The Morgan fingerprint density at radius 3 is 2.09 bits per heavy atom. The summed E-state index contributed by atoms with van der Waals surface area (Å²) < 4.78 is 0. The number of nitrogens with zero attached hydrogens (tertiary/aromatic N) is 1. The predicted molar refractivity (Wildman–Crippen MR) is 87.0 cm³/mol. The molecule has 3 rings (SSSR count). The van der Waals surface area contributed by atoms with Gasteiger partial charge in [-0.25, -0.2) is 0 Å². The van der Waals surface area contributed by atoms with Gasteiger partial charge in [-0.15, -0.1) is 0 Å². The molecule has 0 aromatic heterocycles. The molecule has 1 saturated heterocycles. The van der Waals surface area contributed by atoms with Gasteiger partial charge in [0, 0.05) is 6.04 Å². The number of aryl methyl sites for hydroxylation is 3.